The van der Waals surface area contributed by atoms with Crippen molar-refractivity contribution in [3.8, 4) is 0 Å². The fourth-order valence-electron chi connectivity index (χ4n) is 3.14. The number of rotatable bonds is 1. The van der Waals surface area contributed by atoms with E-state index in [4.69, 9.17) is 11.5 Å². The molecule has 3 rings (SSSR count). The van der Waals surface area contributed by atoms with Gasteiger partial charge in [-0.15, -0.1) is 0 Å². The molecule has 1 saturated heterocycles. The maximum atomic E-state index is 10.2. The molecule has 9 N–H and O–H groups in total. The van der Waals surface area contributed by atoms with E-state index < -0.39 is 23.5 Å². The van der Waals surface area contributed by atoms with Crippen LogP contribution in [0.2, 0.25) is 0 Å². The number of aliphatic hydroxyl groups is 3. The molecule has 100 valence electrons. The van der Waals surface area contributed by atoms with Gasteiger partial charge in [0.2, 0.25) is 11.4 Å². The molecule has 1 fully saturated rings. The second-order valence-corrected chi connectivity index (χ2v) is 4.89. The lowest BCUT2D eigenvalue weighted by Gasteiger charge is -2.42. The molecule has 0 aromatic carbocycles. The average Bonchev–Trinajstić information content (AvgIpc) is 2.77. The molecule has 0 aliphatic carbocycles. The van der Waals surface area contributed by atoms with Crippen molar-refractivity contribution in [2.75, 3.05) is 13.2 Å². The summed E-state index contributed by atoms with van der Waals surface area (Å²) in [4.78, 5) is 4.16. The first-order valence-corrected chi connectivity index (χ1v) is 5.76. The topological polar surface area (TPSA) is 152 Å². The van der Waals surface area contributed by atoms with Gasteiger partial charge in [-0.1, -0.05) is 0 Å². The van der Waals surface area contributed by atoms with Gasteiger partial charge in [0.25, 0.3) is 0 Å². The Morgan fingerprint density at radius 3 is 2.83 bits per heavy atom. The van der Waals surface area contributed by atoms with Gasteiger partial charge in [0, 0.05) is 6.42 Å². The Morgan fingerprint density at radius 2 is 2.17 bits per heavy atom. The van der Waals surface area contributed by atoms with Crippen LogP contribution >= 0.6 is 0 Å². The molecule has 3 atom stereocenters. The van der Waals surface area contributed by atoms with E-state index in [9.17, 15) is 15.3 Å². The third-order valence-electron chi connectivity index (χ3n) is 3.95. The van der Waals surface area contributed by atoms with Crippen molar-refractivity contribution in [2.45, 2.75) is 30.0 Å². The minimum Gasteiger partial charge on any atom is -0.393 e. The van der Waals surface area contributed by atoms with Crippen molar-refractivity contribution in [1.82, 2.24) is 10.6 Å². The molecule has 0 aromatic rings. The van der Waals surface area contributed by atoms with E-state index in [-0.39, 0.29) is 24.9 Å². The van der Waals surface area contributed by atoms with Crippen LogP contribution in [0.25, 0.3) is 0 Å². The smallest absolute Gasteiger partial charge is 0.346 e. The summed E-state index contributed by atoms with van der Waals surface area (Å²) in [6.45, 7) is 0.117. The van der Waals surface area contributed by atoms with Crippen LogP contribution in [0.15, 0.2) is 4.99 Å². The summed E-state index contributed by atoms with van der Waals surface area (Å²) in [5, 5.41) is 35.6. The Labute approximate surface area is 103 Å². The van der Waals surface area contributed by atoms with Crippen molar-refractivity contribution >= 4 is 11.9 Å². The molecule has 1 spiro atoms. The lowest BCUT2D eigenvalue weighted by atomic mass is 9.87. The molecule has 3 unspecified atom stereocenters. The molecule has 0 amide bonds. The first-order valence-electron chi connectivity index (χ1n) is 5.76. The van der Waals surface area contributed by atoms with E-state index in [1.54, 1.807) is 4.58 Å². The third-order valence-corrected chi connectivity index (χ3v) is 3.95. The maximum Gasteiger partial charge on any atom is 0.346 e. The van der Waals surface area contributed by atoms with Gasteiger partial charge >= 0.3 is 5.96 Å². The van der Waals surface area contributed by atoms with Gasteiger partial charge in [-0.3, -0.25) is 11.1 Å². The second-order valence-electron chi connectivity index (χ2n) is 4.89. The van der Waals surface area contributed by atoms with Crippen LogP contribution in [0.5, 0.6) is 0 Å². The number of hydrogen-bond donors (Lipinski definition) is 7. The minimum absolute atomic E-state index is 0.106. The normalized spacial score (nSPS) is 40.7. The van der Waals surface area contributed by atoms with Gasteiger partial charge in [0.1, 0.15) is 6.04 Å². The molecule has 0 saturated carbocycles. The predicted molar refractivity (Wildman–Crippen MR) is 61.4 cm³/mol. The summed E-state index contributed by atoms with van der Waals surface area (Å²) >= 11 is 0. The molecular formula is C9H17N6O3+. The van der Waals surface area contributed by atoms with Crippen molar-refractivity contribution in [2.24, 2.45) is 16.5 Å². The zero-order chi connectivity index (χ0) is 13.1. The summed E-state index contributed by atoms with van der Waals surface area (Å²) in [7, 11) is 0. The fourth-order valence-corrected chi connectivity index (χ4v) is 3.14. The number of nitrogens with zero attached hydrogens (tertiary/aromatic N) is 2. The number of hydrogen-bond acceptors (Lipinski definition) is 8. The summed E-state index contributed by atoms with van der Waals surface area (Å²) in [5.74, 6) is -1.65. The zero-order valence-electron chi connectivity index (χ0n) is 9.67. The van der Waals surface area contributed by atoms with E-state index in [0.29, 0.717) is 6.54 Å². The number of aliphatic imine (C=N–C) groups is 1. The number of guanidine groups is 2. The molecule has 3 heterocycles. The van der Waals surface area contributed by atoms with Crippen molar-refractivity contribution in [1.29, 1.82) is 0 Å². The van der Waals surface area contributed by atoms with Gasteiger partial charge in [-0.05, 0) is 0 Å². The Hall–Kier alpha value is -1.58. The van der Waals surface area contributed by atoms with Gasteiger partial charge in [-0.25, -0.2) is 9.57 Å². The minimum atomic E-state index is -2.03. The highest BCUT2D eigenvalue weighted by Crippen LogP contribution is 2.40. The highest BCUT2D eigenvalue weighted by molar-refractivity contribution is 5.83. The highest BCUT2D eigenvalue weighted by Gasteiger charge is 2.71. The maximum absolute atomic E-state index is 10.2. The molecule has 0 aromatic heterocycles. The Balaban J connectivity index is 2.18. The van der Waals surface area contributed by atoms with Crippen LogP contribution in [0.4, 0.5) is 0 Å². The quantitative estimate of drug-likeness (QED) is 0.184. The van der Waals surface area contributed by atoms with Crippen LogP contribution in [0.3, 0.4) is 0 Å². The largest absolute Gasteiger partial charge is 0.393 e. The fraction of sp³-hybridized carbons (Fsp3) is 0.778. The molecule has 18 heavy (non-hydrogen) atoms. The summed E-state index contributed by atoms with van der Waals surface area (Å²) in [6, 6.07) is -1.15. The Bertz CT molecular complexity index is 461. The standard InChI is InChI=1S/C9H16N6O3/c10-6-13-5-4(3-16)12-7(11)15-2-1-8(17,18)9(5,15)14-6/h4-5,16-18H,1-3H2,(H5,10,11,12,13,14)/p+1. The van der Waals surface area contributed by atoms with Gasteiger partial charge < -0.3 is 26.4 Å². The Kier molecular flexibility index (Phi) is 2.08. The van der Waals surface area contributed by atoms with E-state index >= 15 is 0 Å². The summed E-state index contributed by atoms with van der Waals surface area (Å²) in [5.41, 5.74) is 10.2. The van der Waals surface area contributed by atoms with Crippen molar-refractivity contribution < 1.29 is 19.9 Å². The molecule has 9 heteroatoms. The number of nitrogens with one attached hydrogen (secondary N) is 2. The Morgan fingerprint density at radius 1 is 1.44 bits per heavy atom. The van der Waals surface area contributed by atoms with E-state index in [1.807, 2.05) is 0 Å². The number of aliphatic hydroxyl groups excluding tert-OH is 1. The molecule has 9 nitrogen and oxygen atoms in total. The van der Waals surface area contributed by atoms with Crippen molar-refractivity contribution in [3.63, 3.8) is 0 Å². The van der Waals surface area contributed by atoms with Crippen LogP contribution in [-0.2, 0) is 0 Å². The second kappa shape index (κ2) is 3.25. The van der Waals surface area contributed by atoms with Gasteiger partial charge in [0.05, 0.1) is 13.2 Å². The zero-order valence-corrected chi connectivity index (χ0v) is 9.67. The molecule has 0 bridgehead atoms. The predicted octanol–water partition coefficient (Wildman–Crippen LogP) is -4.65. The molecule has 3 aliphatic heterocycles. The van der Waals surface area contributed by atoms with Gasteiger partial charge in [0.15, 0.2) is 12.0 Å². The highest BCUT2D eigenvalue weighted by atomic mass is 16.5. The van der Waals surface area contributed by atoms with Crippen LogP contribution in [-0.4, -0.2) is 68.5 Å². The first-order chi connectivity index (χ1) is 8.42. The average molecular weight is 257 g/mol. The van der Waals surface area contributed by atoms with Crippen LogP contribution in [0.1, 0.15) is 6.42 Å². The van der Waals surface area contributed by atoms with E-state index in [0.717, 1.165) is 0 Å². The van der Waals surface area contributed by atoms with E-state index in [1.165, 1.54) is 0 Å². The van der Waals surface area contributed by atoms with Crippen molar-refractivity contribution in [3.05, 3.63) is 0 Å². The van der Waals surface area contributed by atoms with Crippen LogP contribution in [0, 0.1) is 0 Å². The molecule has 3 aliphatic rings. The lowest BCUT2D eigenvalue weighted by Crippen LogP contribution is -2.77. The number of nitrogens with two attached hydrogens (primary N) is 2. The lowest BCUT2D eigenvalue weighted by molar-refractivity contribution is -0.623. The molecule has 0 radical (unpaired) electrons. The monoisotopic (exact) mass is 257 g/mol. The summed E-state index contributed by atoms with van der Waals surface area (Å²) in [6.07, 6.45) is 0.111. The van der Waals surface area contributed by atoms with E-state index in [2.05, 4.69) is 15.6 Å². The van der Waals surface area contributed by atoms with Crippen LogP contribution < -0.4 is 22.1 Å². The SMILES string of the molecule is NC1=NC2C(CO)NC(N)=[N+]3CCC(O)(O)C23N1. The third kappa shape index (κ3) is 1.11. The van der Waals surface area contributed by atoms with Gasteiger partial charge in [-0.2, -0.15) is 0 Å². The molecular weight excluding hydrogens is 240 g/mol. The first kappa shape index (κ1) is 11.5. The summed E-state index contributed by atoms with van der Waals surface area (Å²) < 4.78 is 1.60.